The van der Waals surface area contributed by atoms with E-state index in [-0.39, 0.29) is 17.7 Å². The zero-order valence-corrected chi connectivity index (χ0v) is 27.8. The number of likely N-dealkylation sites (tertiary alicyclic amines) is 1. The Morgan fingerprint density at radius 2 is 1.64 bits per heavy atom. The molecule has 0 spiro atoms. The fourth-order valence-corrected chi connectivity index (χ4v) is 7.22. The van der Waals surface area contributed by atoms with Gasteiger partial charge in [-0.25, -0.2) is 0 Å². The van der Waals surface area contributed by atoms with Crippen molar-refractivity contribution >= 4 is 35.0 Å². The fraction of sp³-hybridized carbons (Fsp3) is 0.432. The summed E-state index contributed by atoms with van der Waals surface area (Å²) >= 11 is 6.13. The van der Waals surface area contributed by atoms with Gasteiger partial charge in [0.15, 0.2) is 0 Å². The normalized spacial score (nSPS) is 20.4. The maximum absolute atomic E-state index is 14.0. The molecule has 3 atom stereocenters. The van der Waals surface area contributed by atoms with Gasteiger partial charge in [0.25, 0.3) is 5.91 Å². The molecule has 2 saturated heterocycles. The molecular weight excluding hydrogens is 612 g/mol. The van der Waals surface area contributed by atoms with Gasteiger partial charge in [-0.2, -0.15) is 0 Å². The summed E-state index contributed by atoms with van der Waals surface area (Å²) in [5.74, 6) is -0.346. The molecule has 0 saturated carbocycles. The number of hydrogen-bond acceptors (Lipinski definition) is 6. The van der Waals surface area contributed by atoms with E-state index in [1.54, 1.807) is 12.1 Å². The largest absolute Gasteiger partial charge is 0.367 e. The minimum atomic E-state index is -0.717. The molecule has 6 rings (SSSR count). The number of anilines is 1. The number of piperazine rings is 1. The minimum absolute atomic E-state index is 0.0653. The number of carbonyl (C=O) groups excluding carboxylic acids is 3. The van der Waals surface area contributed by atoms with E-state index in [2.05, 4.69) is 44.9 Å². The summed E-state index contributed by atoms with van der Waals surface area (Å²) in [6.07, 6.45) is 4.29. The van der Waals surface area contributed by atoms with Gasteiger partial charge in [0.2, 0.25) is 11.8 Å². The molecule has 3 aromatic rings. The van der Waals surface area contributed by atoms with Crippen LogP contribution in [0.1, 0.15) is 46.3 Å². The van der Waals surface area contributed by atoms with Crippen LogP contribution in [0.15, 0.2) is 72.8 Å². The highest BCUT2D eigenvalue weighted by Gasteiger charge is 2.33. The van der Waals surface area contributed by atoms with Gasteiger partial charge in [-0.05, 0) is 80.2 Å². The molecule has 47 heavy (non-hydrogen) atoms. The minimum Gasteiger partial charge on any atom is -0.367 e. The van der Waals surface area contributed by atoms with Gasteiger partial charge in [0.1, 0.15) is 6.04 Å². The van der Waals surface area contributed by atoms with E-state index in [1.165, 1.54) is 18.4 Å². The van der Waals surface area contributed by atoms with E-state index in [4.69, 9.17) is 11.6 Å². The second-order valence-corrected chi connectivity index (χ2v) is 13.4. The molecule has 3 N–H and O–H groups in total. The van der Waals surface area contributed by atoms with E-state index < -0.39 is 12.1 Å². The van der Waals surface area contributed by atoms with Crippen LogP contribution in [0.3, 0.4) is 0 Å². The number of amides is 3. The lowest BCUT2D eigenvalue weighted by Gasteiger charge is -2.38. The first-order valence-electron chi connectivity index (χ1n) is 16.8. The van der Waals surface area contributed by atoms with Gasteiger partial charge in [-0.15, -0.1) is 0 Å². The Balaban J connectivity index is 1.09. The summed E-state index contributed by atoms with van der Waals surface area (Å²) in [7, 11) is 2.15. The average Bonchev–Trinajstić information content (AvgIpc) is 3.52. The molecule has 0 aliphatic carbocycles. The maximum atomic E-state index is 14.0. The van der Waals surface area contributed by atoms with Gasteiger partial charge < -0.3 is 30.7 Å². The monoisotopic (exact) mass is 656 g/mol. The maximum Gasteiger partial charge on any atom is 0.253 e. The Hall–Kier alpha value is -3.92. The second-order valence-electron chi connectivity index (χ2n) is 12.9. The van der Waals surface area contributed by atoms with E-state index in [0.717, 1.165) is 29.8 Å². The van der Waals surface area contributed by atoms with Crippen LogP contribution in [-0.2, 0) is 29.0 Å². The molecule has 9 nitrogen and oxygen atoms in total. The van der Waals surface area contributed by atoms with Crippen LogP contribution in [0, 0.1) is 0 Å². The smallest absolute Gasteiger partial charge is 0.253 e. The molecule has 0 radical (unpaired) electrons. The van der Waals surface area contributed by atoms with E-state index >= 15 is 0 Å². The van der Waals surface area contributed by atoms with Crippen molar-refractivity contribution in [2.45, 2.75) is 56.8 Å². The zero-order chi connectivity index (χ0) is 32.8. The number of rotatable bonds is 10. The van der Waals surface area contributed by atoms with Crippen molar-refractivity contribution < 1.29 is 14.4 Å². The molecule has 3 unspecified atom stereocenters. The van der Waals surface area contributed by atoms with Crippen molar-refractivity contribution in [2.75, 3.05) is 51.2 Å². The molecule has 10 heteroatoms. The molecule has 0 bridgehead atoms. The highest BCUT2D eigenvalue weighted by Crippen LogP contribution is 2.24. The van der Waals surface area contributed by atoms with E-state index in [0.29, 0.717) is 68.7 Å². The number of nitrogens with zero attached hydrogens (tertiary/aromatic N) is 3. The Kier molecular flexibility index (Phi) is 10.8. The van der Waals surface area contributed by atoms with Crippen LogP contribution in [0.25, 0.3) is 0 Å². The summed E-state index contributed by atoms with van der Waals surface area (Å²) < 4.78 is 0. The molecule has 3 amide bonds. The highest BCUT2D eigenvalue weighted by molar-refractivity contribution is 6.30. The number of hydrogen-bond donors (Lipinski definition) is 3. The predicted molar refractivity (Wildman–Crippen MR) is 186 cm³/mol. The molecule has 248 valence electrons. The molecule has 3 aliphatic rings. The Labute approximate surface area is 282 Å². The lowest BCUT2D eigenvalue weighted by molar-refractivity contribution is -0.137. The van der Waals surface area contributed by atoms with Gasteiger partial charge in [0, 0.05) is 62.4 Å². The van der Waals surface area contributed by atoms with E-state index in [9.17, 15) is 14.4 Å². The van der Waals surface area contributed by atoms with Crippen LogP contribution < -0.4 is 20.9 Å². The first-order valence-corrected chi connectivity index (χ1v) is 17.2. The lowest BCUT2D eigenvalue weighted by atomic mass is 9.95. The second kappa shape index (κ2) is 15.3. The molecule has 0 aromatic heterocycles. The third-order valence-corrected chi connectivity index (χ3v) is 10.1. The van der Waals surface area contributed by atoms with Crippen molar-refractivity contribution in [3.05, 3.63) is 100 Å². The number of para-hydroxylation sites is 1. The standard InChI is InChI=1S/C37H45ClN6O3/c1-42-18-6-9-30(42)16-17-39-35(45)31-10-4-5-11-34(31)43-19-21-44(22-20-43)37(47)33(23-26-12-14-29(38)15-13-26)41-36(46)32-24-27-7-2-3-8-28(27)25-40-32/h2-5,7-8,10-15,30,32-33,40H,6,9,16-25H2,1H3,(H,39,45)(H,41,46). The van der Waals surface area contributed by atoms with Crippen LogP contribution in [0.4, 0.5) is 5.69 Å². The first-order chi connectivity index (χ1) is 22.9. The van der Waals surface area contributed by atoms with Gasteiger partial charge in [0.05, 0.1) is 11.6 Å². The highest BCUT2D eigenvalue weighted by atomic mass is 35.5. The number of carbonyl (C=O) groups is 3. The van der Waals surface area contributed by atoms with Gasteiger partial charge >= 0.3 is 0 Å². The number of benzene rings is 3. The summed E-state index contributed by atoms with van der Waals surface area (Å²) in [5.41, 5.74) is 4.80. The van der Waals surface area contributed by atoms with Gasteiger partial charge in [-0.3, -0.25) is 14.4 Å². The van der Waals surface area contributed by atoms with Crippen LogP contribution in [0.5, 0.6) is 0 Å². The fourth-order valence-electron chi connectivity index (χ4n) is 7.09. The SMILES string of the molecule is CN1CCCC1CCNC(=O)c1ccccc1N1CCN(C(=O)C(Cc2ccc(Cl)cc2)NC(=O)C2Cc3ccccc3CN2)CC1. The summed E-state index contributed by atoms with van der Waals surface area (Å²) in [6, 6.07) is 22.6. The van der Waals surface area contributed by atoms with Crippen LogP contribution in [-0.4, -0.2) is 92.0 Å². The zero-order valence-electron chi connectivity index (χ0n) is 27.1. The number of fused-ring (bicyclic) bond motifs is 1. The van der Waals surface area contributed by atoms with Gasteiger partial charge in [-0.1, -0.05) is 60.1 Å². The van der Waals surface area contributed by atoms with Crippen molar-refractivity contribution in [1.29, 1.82) is 0 Å². The number of nitrogens with one attached hydrogen (secondary N) is 3. The molecule has 3 aliphatic heterocycles. The van der Waals surface area contributed by atoms with Crippen LogP contribution >= 0.6 is 11.6 Å². The van der Waals surface area contributed by atoms with Crippen molar-refractivity contribution in [2.24, 2.45) is 0 Å². The molecular formula is C37H45ClN6O3. The Morgan fingerprint density at radius 1 is 0.915 bits per heavy atom. The van der Waals surface area contributed by atoms with Crippen LogP contribution in [0.2, 0.25) is 5.02 Å². The summed E-state index contributed by atoms with van der Waals surface area (Å²) in [4.78, 5) is 47.2. The molecule has 3 heterocycles. The third-order valence-electron chi connectivity index (χ3n) is 9.88. The number of halogens is 1. The molecule has 2 fully saturated rings. The van der Waals surface area contributed by atoms with Crippen molar-refractivity contribution in [3.63, 3.8) is 0 Å². The topological polar surface area (TPSA) is 97.0 Å². The third kappa shape index (κ3) is 8.15. The average molecular weight is 657 g/mol. The summed E-state index contributed by atoms with van der Waals surface area (Å²) in [5, 5.41) is 10.2. The molecule has 3 aromatic carbocycles. The van der Waals surface area contributed by atoms with Crippen molar-refractivity contribution in [3.8, 4) is 0 Å². The Morgan fingerprint density at radius 3 is 2.38 bits per heavy atom. The first kappa shape index (κ1) is 33.0. The van der Waals surface area contributed by atoms with E-state index in [1.807, 2.05) is 53.4 Å². The lowest BCUT2D eigenvalue weighted by Crippen LogP contribution is -2.58. The predicted octanol–water partition coefficient (Wildman–Crippen LogP) is 3.64. The quantitative estimate of drug-likeness (QED) is 0.309. The summed E-state index contributed by atoms with van der Waals surface area (Å²) in [6.45, 7) is 4.54. The van der Waals surface area contributed by atoms with Crippen molar-refractivity contribution in [1.82, 2.24) is 25.8 Å². The Bertz CT molecular complexity index is 1560.